The molecule has 18 heavy (non-hydrogen) atoms. The molecule has 0 aromatic heterocycles. The van der Waals surface area contributed by atoms with Crippen LogP contribution in [0.5, 0.6) is 0 Å². The van der Waals surface area contributed by atoms with Gasteiger partial charge in [-0.05, 0) is 42.0 Å². The van der Waals surface area contributed by atoms with Crippen molar-refractivity contribution in [1.29, 1.82) is 0 Å². The van der Waals surface area contributed by atoms with Gasteiger partial charge in [-0.2, -0.15) is 0 Å². The molecule has 1 unspecified atom stereocenters. The second-order valence-corrected chi connectivity index (χ2v) is 6.28. The van der Waals surface area contributed by atoms with Crippen LogP contribution in [0.3, 0.4) is 0 Å². The molecule has 94 valence electrons. The Morgan fingerprint density at radius 3 is 2.28 bits per heavy atom. The van der Waals surface area contributed by atoms with E-state index in [4.69, 9.17) is 11.6 Å². The molecule has 0 aliphatic carbocycles. The Balaban J connectivity index is 1.93. The van der Waals surface area contributed by atoms with Crippen molar-refractivity contribution >= 4 is 39.3 Å². The molecule has 0 saturated carbocycles. The molecule has 4 heteroatoms. The van der Waals surface area contributed by atoms with Gasteiger partial charge in [0, 0.05) is 20.1 Å². The topological polar surface area (TPSA) is 20.2 Å². The van der Waals surface area contributed by atoms with Gasteiger partial charge in [0.25, 0.3) is 0 Å². The lowest BCUT2D eigenvalue weighted by atomic mass is 10.1. The zero-order valence-corrected chi connectivity index (χ0v) is 12.7. The molecule has 0 heterocycles. The molecule has 0 saturated heterocycles. The first-order valence-corrected chi connectivity index (χ1v) is 7.63. The van der Waals surface area contributed by atoms with E-state index in [0.29, 0.717) is 5.75 Å². The molecule has 0 amide bonds. The maximum absolute atomic E-state index is 10.1. The first-order chi connectivity index (χ1) is 8.65. The number of thioether (sulfide) groups is 1. The number of benzene rings is 2. The van der Waals surface area contributed by atoms with Gasteiger partial charge in [0.2, 0.25) is 0 Å². The Hall–Kier alpha value is -0.480. The predicted molar refractivity (Wildman–Crippen MR) is 81.3 cm³/mol. The Morgan fingerprint density at radius 2 is 1.67 bits per heavy atom. The maximum atomic E-state index is 10.1. The van der Waals surface area contributed by atoms with Crippen LogP contribution in [0.25, 0.3) is 0 Å². The minimum Gasteiger partial charge on any atom is -0.388 e. The van der Waals surface area contributed by atoms with Gasteiger partial charge in [-0.15, -0.1) is 11.8 Å². The summed E-state index contributed by atoms with van der Waals surface area (Å²) in [5.74, 6) is 0.628. The van der Waals surface area contributed by atoms with E-state index in [-0.39, 0.29) is 0 Å². The van der Waals surface area contributed by atoms with E-state index in [9.17, 15) is 5.11 Å². The van der Waals surface area contributed by atoms with Crippen molar-refractivity contribution in [2.75, 3.05) is 5.75 Å². The summed E-state index contributed by atoms with van der Waals surface area (Å²) in [6.45, 7) is 0. The average molecular weight is 344 g/mol. The van der Waals surface area contributed by atoms with Crippen LogP contribution < -0.4 is 0 Å². The highest BCUT2D eigenvalue weighted by Crippen LogP contribution is 2.26. The number of aliphatic hydroxyl groups excluding tert-OH is 1. The molecular weight excluding hydrogens is 332 g/mol. The fourth-order valence-corrected chi connectivity index (χ4v) is 2.75. The molecule has 1 atom stereocenters. The van der Waals surface area contributed by atoms with Gasteiger partial charge in [0.1, 0.15) is 0 Å². The third-order valence-electron chi connectivity index (χ3n) is 2.48. The molecule has 0 fully saturated rings. The number of aliphatic hydroxyl groups is 1. The van der Waals surface area contributed by atoms with E-state index in [2.05, 4.69) is 15.9 Å². The Labute approximate surface area is 124 Å². The molecule has 1 N–H and O–H groups in total. The van der Waals surface area contributed by atoms with Crippen LogP contribution in [0.1, 0.15) is 11.7 Å². The molecular formula is C14H12BrClOS. The Kier molecular flexibility index (Phi) is 5.13. The van der Waals surface area contributed by atoms with Crippen molar-refractivity contribution in [3.63, 3.8) is 0 Å². The van der Waals surface area contributed by atoms with Crippen LogP contribution >= 0.6 is 39.3 Å². The van der Waals surface area contributed by atoms with Crippen molar-refractivity contribution in [2.24, 2.45) is 0 Å². The molecule has 1 nitrogen and oxygen atoms in total. The maximum Gasteiger partial charge on any atom is 0.0883 e. The SMILES string of the molecule is OC(CSc1ccc(Cl)cc1)c1ccc(Br)cc1. The molecule has 0 bridgehead atoms. The third-order valence-corrected chi connectivity index (χ3v) is 4.34. The third kappa shape index (κ3) is 4.02. The summed E-state index contributed by atoms with van der Waals surface area (Å²) in [5.41, 5.74) is 0.930. The van der Waals surface area contributed by atoms with Crippen molar-refractivity contribution < 1.29 is 5.11 Å². The van der Waals surface area contributed by atoms with Crippen LogP contribution in [0.15, 0.2) is 57.9 Å². The highest BCUT2D eigenvalue weighted by atomic mass is 79.9. The van der Waals surface area contributed by atoms with E-state index in [1.54, 1.807) is 11.8 Å². The highest BCUT2D eigenvalue weighted by Gasteiger charge is 2.07. The quantitative estimate of drug-likeness (QED) is 0.794. The van der Waals surface area contributed by atoms with Gasteiger partial charge < -0.3 is 5.11 Å². The number of hydrogen-bond acceptors (Lipinski definition) is 2. The molecule has 0 aliphatic rings. The lowest BCUT2D eigenvalue weighted by molar-refractivity contribution is 0.204. The zero-order valence-electron chi connectivity index (χ0n) is 9.51. The van der Waals surface area contributed by atoms with Gasteiger partial charge in [-0.3, -0.25) is 0 Å². The molecule has 0 radical (unpaired) electrons. The average Bonchev–Trinajstić information content (AvgIpc) is 2.38. The van der Waals surface area contributed by atoms with Crippen molar-refractivity contribution in [2.45, 2.75) is 11.0 Å². The van der Waals surface area contributed by atoms with Gasteiger partial charge in [-0.1, -0.05) is 39.7 Å². The predicted octanol–water partition coefficient (Wildman–Crippen LogP) is 4.93. The zero-order chi connectivity index (χ0) is 13.0. The lowest BCUT2D eigenvalue weighted by Crippen LogP contribution is -2.00. The largest absolute Gasteiger partial charge is 0.388 e. The van der Waals surface area contributed by atoms with Gasteiger partial charge >= 0.3 is 0 Å². The molecule has 2 aromatic rings. The molecule has 0 aliphatic heterocycles. The van der Waals surface area contributed by atoms with Gasteiger partial charge in [0.15, 0.2) is 0 Å². The fourth-order valence-electron chi connectivity index (χ4n) is 1.49. The summed E-state index contributed by atoms with van der Waals surface area (Å²) in [6.07, 6.45) is -0.459. The van der Waals surface area contributed by atoms with Crippen LogP contribution in [-0.2, 0) is 0 Å². The first-order valence-electron chi connectivity index (χ1n) is 5.47. The van der Waals surface area contributed by atoms with E-state index >= 15 is 0 Å². The summed E-state index contributed by atoms with van der Waals surface area (Å²) in [4.78, 5) is 1.11. The summed E-state index contributed by atoms with van der Waals surface area (Å²) in [7, 11) is 0. The summed E-state index contributed by atoms with van der Waals surface area (Å²) in [6, 6.07) is 15.4. The normalized spacial score (nSPS) is 12.4. The summed E-state index contributed by atoms with van der Waals surface area (Å²) in [5, 5.41) is 10.8. The lowest BCUT2D eigenvalue weighted by Gasteiger charge is -2.10. The van der Waals surface area contributed by atoms with Crippen molar-refractivity contribution in [3.8, 4) is 0 Å². The number of rotatable bonds is 4. The second-order valence-electron chi connectivity index (χ2n) is 3.83. The molecule has 2 rings (SSSR count). The molecule has 2 aromatic carbocycles. The van der Waals surface area contributed by atoms with Gasteiger partial charge in [-0.25, -0.2) is 0 Å². The van der Waals surface area contributed by atoms with Crippen LogP contribution in [0, 0.1) is 0 Å². The Morgan fingerprint density at radius 1 is 1.06 bits per heavy atom. The fraction of sp³-hybridized carbons (Fsp3) is 0.143. The highest BCUT2D eigenvalue weighted by molar-refractivity contribution is 9.10. The Bertz CT molecular complexity index is 498. The minimum absolute atomic E-state index is 0.459. The second kappa shape index (κ2) is 6.62. The van der Waals surface area contributed by atoms with Crippen LogP contribution in [0.4, 0.5) is 0 Å². The number of hydrogen-bond donors (Lipinski definition) is 1. The van der Waals surface area contributed by atoms with Crippen LogP contribution in [0.2, 0.25) is 5.02 Å². The van der Waals surface area contributed by atoms with Gasteiger partial charge in [0.05, 0.1) is 6.10 Å². The molecule has 0 spiro atoms. The minimum atomic E-state index is -0.459. The van der Waals surface area contributed by atoms with E-state index in [1.807, 2.05) is 48.5 Å². The standard InChI is InChI=1S/C14H12BrClOS/c15-11-3-1-10(2-4-11)14(17)9-18-13-7-5-12(16)6-8-13/h1-8,14,17H,9H2. The summed E-state index contributed by atoms with van der Waals surface area (Å²) >= 11 is 10.8. The smallest absolute Gasteiger partial charge is 0.0883 e. The number of halogens is 2. The van der Waals surface area contributed by atoms with Crippen molar-refractivity contribution in [1.82, 2.24) is 0 Å². The monoisotopic (exact) mass is 342 g/mol. The van der Waals surface area contributed by atoms with E-state index < -0.39 is 6.10 Å². The summed E-state index contributed by atoms with van der Waals surface area (Å²) < 4.78 is 1.02. The van der Waals surface area contributed by atoms with Crippen LogP contribution in [-0.4, -0.2) is 10.9 Å². The first kappa shape index (κ1) is 13.9. The van der Waals surface area contributed by atoms with E-state index in [0.717, 1.165) is 20.0 Å². The van der Waals surface area contributed by atoms with E-state index in [1.165, 1.54) is 0 Å². The van der Waals surface area contributed by atoms with Crippen molar-refractivity contribution in [3.05, 3.63) is 63.6 Å².